The van der Waals surface area contributed by atoms with Gasteiger partial charge in [-0.15, -0.1) is 0 Å². The third-order valence-electron chi connectivity index (χ3n) is 3.97. The number of nitrogens with one attached hydrogen (secondary N) is 1. The number of nitrogen functional groups attached to an aromatic ring is 1. The summed E-state index contributed by atoms with van der Waals surface area (Å²) in [6.07, 6.45) is 3.86. The van der Waals surface area contributed by atoms with Crippen molar-refractivity contribution < 1.29 is 35.4 Å². The molecule has 2 rings (SSSR count). The molecule has 12 nitrogen and oxygen atoms in total. The number of aromatic nitrogens is 3. The van der Waals surface area contributed by atoms with E-state index < -0.39 is 43.1 Å². The van der Waals surface area contributed by atoms with Gasteiger partial charge in [-0.05, 0) is 13.3 Å². The molecule has 0 aliphatic carbocycles. The fourth-order valence-corrected chi connectivity index (χ4v) is 4.03. The molecule has 2 aromatic rings. The first kappa shape index (κ1) is 26.8. The Morgan fingerprint density at radius 3 is 2.23 bits per heavy atom. The SMILES string of the molecule is CCCCC(C)(CO)Nc1nc(N)nc2cc(F)cnc12.O=S(=O)(O)CCS(=O)(=O)O. The summed E-state index contributed by atoms with van der Waals surface area (Å²) in [5.41, 5.74) is 5.88. The molecule has 2 heterocycles. The van der Waals surface area contributed by atoms with Gasteiger partial charge in [0.05, 0.1) is 35.4 Å². The first-order chi connectivity index (χ1) is 14.2. The second-order valence-electron chi connectivity index (χ2n) is 6.97. The van der Waals surface area contributed by atoms with E-state index in [1.54, 1.807) is 0 Å². The van der Waals surface area contributed by atoms with Gasteiger partial charge >= 0.3 is 0 Å². The first-order valence-corrected chi connectivity index (χ1v) is 12.3. The Labute approximate surface area is 179 Å². The van der Waals surface area contributed by atoms with Crippen LogP contribution < -0.4 is 11.1 Å². The number of fused-ring (bicyclic) bond motifs is 1. The monoisotopic (exact) mass is 483 g/mol. The van der Waals surface area contributed by atoms with Gasteiger partial charge in [0.25, 0.3) is 20.2 Å². The number of unbranched alkanes of at least 4 members (excludes halogenated alkanes) is 1. The summed E-state index contributed by atoms with van der Waals surface area (Å²) in [4.78, 5) is 12.1. The van der Waals surface area contributed by atoms with Gasteiger partial charge in [-0.2, -0.15) is 21.8 Å². The molecule has 0 amide bonds. The number of rotatable bonds is 9. The minimum atomic E-state index is -4.30. The third-order valence-corrected chi connectivity index (χ3v) is 5.67. The van der Waals surface area contributed by atoms with E-state index in [-0.39, 0.29) is 12.6 Å². The van der Waals surface area contributed by atoms with E-state index in [0.717, 1.165) is 25.5 Å². The number of aliphatic hydroxyl groups is 1. The lowest BCUT2D eigenvalue weighted by Crippen LogP contribution is -2.39. The van der Waals surface area contributed by atoms with E-state index in [1.165, 1.54) is 6.07 Å². The lowest BCUT2D eigenvalue weighted by molar-refractivity contribution is 0.212. The largest absolute Gasteiger partial charge is 0.394 e. The number of anilines is 2. The lowest BCUT2D eigenvalue weighted by Gasteiger charge is -2.29. The van der Waals surface area contributed by atoms with Crippen molar-refractivity contribution in [3.05, 3.63) is 18.1 Å². The molecule has 0 radical (unpaired) electrons. The van der Waals surface area contributed by atoms with Crippen LogP contribution in [0.4, 0.5) is 16.2 Å². The predicted molar refractivity (Wildman–Crippen MR) is 113 cm³/mol. The molecule has 0 aliphatic heterocycles. The molecule has 176 valence electrons. The Morgan fingerprint density at radius 2 is 1.74 bits per heavy atom. The van der Waals surface area contributed by atoms with Crippen LogP contribution in [0.2, 0.25) is 0 Å². The van der Waals surface area contributed by atoms with Gasteiger partial charge < -0.3 is 16.2 Å². The van der Waals surface area contributed by atoms with E-state index >= 15 is 0 Å². The van der Waals surface area contributed by atoms with Gasteiger partial charge in [-0.3, -0.25) is 9.11 Å². The molecule has 0 spiro atoms. The van der Waals surface area contributed by atoms with Crippen molar-refractivity contribution in [1.29, 1.82) is 0 Å². The van der Waals surface area contributed by atoms with Crippen LogP contribution in [-0.2, 0) is 20.2 Å². The van der Waals surface area contributed by atoms with E-state index in [9.17, 15) is 26.3 Å². The van der Waals surface area contributed by atoms with Crippen molar-refractivity contribution in [3.8, 4) is 0 Å². The summed E-state index contributed by atoms with van der Waals surface area (Å²) in [7, 11) is -8.59. The second kappa shape index (κ2) is 10.9. The molecule has 2 aromatic heterocycles. The topological polar surface area (TPSA) is 206 Å². The summed E-state index contributed by atoms with van der Waals surface area (Å²) >= 11 is 0. The number of hydrogen-bond donors (Lipinski definition) is 5. The van der Waals surface area contributed by atoms with Gasteiger partial charge in [-0.1, -0.05) is 19.8 Å². The Balaban J connectivity index is 0.000000407. The zero-order valence-electron chi connectivity index (χ0n) is 17.0. The Morgan fingerprint density at radius 1 is 1.16 bits per heavy atom. The highest BCUT2D eigenvalue weighted by Crippen LogP contribution is 2.25. The Kier molecular flexibility index (Phi) is 9.44. The molecule has 0 fully saturated rings. The van der Waals surface area contributed by atoms with E-state index in [2.05, 4.69) is 27.2 Å². The molecule has 0 aromatic carbocycles. The maximum Gasteiger partial charge on any atom is 0.265 e. The normalized spacial score (nSPS) is 13.9. The van der Waals surface area contributed by atoms with Crippen LogP contribution in [0.25, 0.3) is 11.0 Å². The van der Waals surface area contributed by atoms with Crippen molar-refractivity contribution in [2.75, 3.05) is 29.2 Å². The molecule has 1 atom stereocenters. The van der Waals surface area contributed by atoms with Gasteiger partial charge in [0, 0.05) is 6.07 Å². The Hall–Kier alpha value is -2.20. The van der Waals surface area contributed by atoms with Crippen molar-refractivity contribution in [2.24, 2.45) is 0 Å². The predicted octanol–water partition coefficient (Wildman–Crippen LogP) is 0.861. The van der Waals surface area contributed by atoms with Gasteiger partial charge in [0.1, 0.15) is 11.3 Å². The van der Waals surface area contributed by atoms with Gasteiger partial charge in [0.2, 0.25) is 5.95 Å². The van der Waals surface area contributed by atoms with Crippen LogP contribution in [0.1, 0.15) is 33.1 Å². The van der Waals surface area contributed by atoms with E-state index in [4.69, 9.17) is 14.8 Å². The van der Waals surface area contributed by atoms with Crippen LogP contribution >= 0.6 is 0 Å². The highest BCUT2D eigenvalue weighted by atomic mass is 32.2. The summed E-state index contributed by atoms with van der Waals surface area (Å²) in [5, 5.41) is 12.8. The van der Waals surface area contributed by atoms with Gasteiger partial charge in [-0.25, -0.2) is 14.4 Å². The van der Waals surface area contributed by atoms with Crippen LogP contribution in [0.3, 0.4) is 0 Å². The van der Waals surface area contributed by atoms with Crippen LogP contribution in [0.15, 0.2) is 12.3 Å². The standard InChI is InChI=1S/C14H20FN5O.C2H6O6S2/c1-3-4-5-14(2,8-21)20-12-11-10(18-13(16)19-12)6-9(15)7-17-11;3-9(4,5)1-2-10(6,7)8/h6-7,21H,3-5,8H2,1-2H3,(H3,16,18,19,20);1-2H2,(H,3,4,5)(H,6,7,8). The minimum absolute atomic E-state index is 0.0354. The maximum absolute atomic E-state index is 13.2. The van der Waals surface area contributed by atoms with Crippen molar-refractivity contribution in [2.45, 2.75) is 38.6 Å². The number of pyridine rings is 1. The van der Waals surface area contributed by atoms with E-state index in [1.807, 2.05) is 6.92 Å². The molecular weight excluding hydrogens is 457 g/mol. The molecule has 0 bridgehead atoms. The van der Waals surface area contributed by atoms with Gasteiger partial charge in [0.15, 0.2) is 5.82 Å². The van der Waals surface area contributed by atoms with Crippen LogP contribution in [0.5, 0.6) is 0 Å². The molecule has 6 N–H and O–H groups in total. The first-order valence-electron chi connectivity index (χ1n) is 9.06. The number of halogens is 1. The number of nitrogens with zero attached hydrogens (tertiary/aromatic N) is 3. The molecular formula is C16H26FN5O7S2. The second-order valence-corrected chi connectivity index (χ2v) is 10.1. The molecule has 0 saturated carbocycles. The number of hydrogen-bond acceptors (Lipinski definition) is 10. The average Bonchev–Trinajstić information content (AvgIpc) is 2.64. The molecule has 1 unspecified atom stereocenters. The molecule has 15 heteroatoms. The molecule has 0 saturated heterocycles. The maximum atomic E-state index is 13.2. The number of aliphatic hydroxyl groups excluding tert-OH is 1. The number of nitrogens with two attached hydrogens (primary N) is 1. The smallest absolute Gasteiger partial charge is 0.265 e. The third kappa shape index (κ3) is 10.1. The Bertz CT molecular complexity index is 1060. The quantitative estimate of drug-likeness (QED) is 0.315. The van der Waals surface area contributed by atoms with E-state index in [0.29, 0.717) is 16.9 Å². The highest BCUT2D eigenvalue weighted by molar-refractivity contribution is 7.89. The van der Waals surface area contributed by atoms with Crippen molar-refractivity contribution in [1.82, 2.24) is 15.0 Å². The molecule has 0 aliphatic rings. The zero-order valence-corrected chi connectivity index (χ0v) is 18.6. The average molecular weight is 484 g/mol. The van der Waals surface area contributed by atoms with Crippen molar-refractivity contribution >= 4 is 43.0 Å². The van der Waals surface area contributed by atoms with Crippen molar-refractivity contribution in [3.63, 3.8) is 0 Å². The summed E-state index contributed by atoms with van der Waals surface area (Å²) in [6, 6.07) is 1.26. The summed E-state index contributed by atoms with van der Waals surface area (Å²) in [6.45, 7) is 3.93. The highest BCUT2D eigenvalue weighted by Gasteiger charge is 2.24. The summed E-state index contributed by atoms with van der Waals surface area (Å²) < 4.78 is 68.6. The molecule has 31 heavy (non-hydrogen) atoms. The lowest BCUT2D eigenvalue weighted by atomic mass is 9.96. The van der Waals surface area contributed by atoms with Crippen LogP contribution in [-0.4, -0.2) is 69.7 Å². The summed E-state index contributed by atoms with van der Waals surface area (Å²) in [5.74, 6) is -2.00. The van der Waals surface area contributed by atoms with Crippen LogP contribution in [0, 0.1) is 5.82 Å². The fraction of sp³-hybridized carbons (Fsp3) is 0.562. The fourth-order valence-electron chi connectivity index (χ4n) is 2.34. The minimum Gasteiger partial charge on any atom is -0.394 e. The zero-order chi connectivity index (χ0) is 23.9.